The number of aliphatic hydroxyl groups is 1. The average Bonchev–Trinajstić information content (AvgIpc) is 2.30. The summed E-state index contributed by atoms with van der Waals surface area (Å²) in [5, 5.41) is 9.36. The number of aliphatic hydroxyl groups excluding tert-OH is 1. The monoisotopic (exact) mass is 205 g/mol. The minimum Gasteiger partial charge on any atom is -0.387 e. The molecule has 0 radical (unpaired) electrons. The van der Waals surface area contributed by atoms with Gasteiger partial charge in [0, 0.05) is 6.20 Å². The lowest BCUT2D eigenvalue weighted by Crippen LogP contribution is -2.05. The van der Waals surface area contributed by atoms with E-state index in [4.69, 9.17) is 0 Å². The van der Waals surface area contributed by atoms with E-state index >= 15 is 0 Å². The third-order valence-corrected chi connectivity index (χ3v) is 3.31. The van der Waals surface area contributed by atoms with Gasteiger partial charge in [-0.15, -0.1) is 0 Å². The molecule has 0 saturated heterocycles. The van der Waals surface area contributed by atoms with Crippen LogP contribution in [-0.2, 0) is 0 Å². The first kappa shape index (κ1) is 10.6. The molecular formula is C13H19NO. The molecule has 1 N–H and O–H groups in total. The van der Waals surface area contributed by atoms with Crippen LogP contribution in [0.2, 0.25) is 0 Å². The molecule has 1 aliphatic rings. The molecule has 1 unspecified atom stereocenters. The highest BCUT2D eigenvalue weighted by atomic mass is 16.3. The fourth-order valence-corrected chi connectivity index (χ4v) is 2.34. The highest BCUT2D eigenvalue weighted by Crippen LogP contribution is 2.32. The second kappa shape index (κ2) is 4.75. The minimum absolute atomic E-state index is 0.453. The molecule has 1 heterocycles. The van der Waals surface area contributed by atoms with Crippen molar-refractivity contribution in [1.29, 1.82) is 0 Å². The fraction of sp³-hybridized carbons (Fsp3) is 0.615. The van der Waals surface area contributed by atoms with Crippen LogP contribution in [0.1, 0.15) is 62.3 Å². The summed E-state index contributed by atoms with van der Waals surface area (Å²) < 4.78 is 0. The smallest absolute Gasteiger partial charge is 0.0931 e. The minimum atomic E-state index is -0.453. The molecule has 1 saturated carbocycles. The molecule has 1 aliphatic carbocycles. The molecule has 0 amide bonds. The van der Waals surface area contributed by atoms with Crippen molar-refractivity contribution in [3.05, 3.63) is 29.6 Å². The van der Waals surface area contributed by atoms with E-state index in [9.17, 15) is 5.11 Å². The fourth-order valence-electron chi connectivity index (χ4n) is 2.34. The highest BCUT2D eigenvalue weighted by molar-refractivity contribution is 5.19. The van der Waals surface area contributed by atoms with Crippen LogP contribution in [-0.4, -0.2) is 10.1 Å². The molecule has 1 aromatic heterocycles. The van der Waals surface area contributed by atoms with E-state index in [2.05, 4.69) is 11.1 Å². The lowest BCUT2D eigenvalue weighted by molar-refractivity contribution is 0.194. The Balaban J connectivity index is 2.08. The molecule has 1 aromatic rings. The number of hydrogen-bond acceptors (Lipinski definition) is 2. The van der Waals surface area contributed by atoms with Gasteiger partial charge in [-0.1, -0.05) is 25.3 Å². The molecule has 0 aliphatic heterocycles. The Bertz CT molecular complexity index is 299. The molecule has 0 bridgehead atoms. The quantitative estimate of drug-likeness (QED) is 0.804. The summed E-state index contributed by atoms with van der Waals surface area (Å²) in [4.78, 5) is 4.30. The average molecular weight is 205 g/mol. The van der Waals surface area contributed by atoms with Gasteiger partial charge in [-0.2, -0.15) is 0 Å². The lowest BCUT2D eigenvalue weighted by Gasteiger charge is -2.21. The molecule has 82 valence electrons. The summed E-state index contributed by atoms with van der Waals surface area (Å²) in [6, 6.07) is 4.08. The van der Waals surface area contributed by atoms with Gasteiger partial charge < -0.3 is 5.11 Å². The molecule has 0 aromatic carbocycles. The van der Waals surface area contributed by atoms with Gasteiger partial charge in [0.1, 0.15) is 0 Å². The molecular weight excluding hydrogens is 186 g/mol. The van der Waals surface area contributed by atoms with Crippen LogP contribution >= 0.6 is 0 Å². The van der Waals surface area contributed by atoms with Crippen molar-refractivity contribution in [1.82, 2.24) is 4.98 Å². The summed E-state index contributed by atoms with van der Waals surface area (Å²) in [6.45, 7) is 1.75. The molecule has 15 heavy (non-hydrogen) atoms. The number of nitrogens with zero attached hydrogens (tertiary/aromatic N) is 1. The van der Waals surface area contributed by atoms with E-state index in [1.165, 1.54) is 37.7 Å². The van der Waals surface area contributed by atoms with Gasteiger partial charge in [-0.05, 0) is 37.3 Å². The topological polar surface area (TPSA) is 33.1 Å². The summed E-state index contributed by atoms with van der Waals surface area (Å²) in [7, 11) is 0. The van der Waals surface area contributed by atoms with Gasteiger partial charge in [0.15, 0.2) is 0 Å². The first-order chi connectivity index (χ1) is 7.27. The lowest BCUT2D eigenvalue weighted by atomic mass is 9.85. The molecule has 2 rings (SSSR count). The summed E-state index contributed by atoms with van der Waals surface area (Å²) in [6.07, 6.45) is 8.18. The predicted molar refractivity (Wildman–Crippen MR) is 60.7 cm³/mol. The second-order valence-electron chi connectivity index (χ2n) is 4.53. The van der Waals surface area contributed by atoms with Gasteiger partial charge in [-0.3, -0.25) is 4.98 Å². The van der Waals surface area contributed by atoms with Crippen LogP contribution in [0, 0.1) is 0 Å². The van der Waals surface area contributed by atoms with Crippen molar-refractivity contribution in [2.45, 2.75) is 51.0 Å². The largest absolute Gasteiger partial charge is 0.387 e. The van der Waals surface area contributed by atoms with Crippen LogP contribution in [0.25, 0.3) is 0 Å². The number of rotatable bonds is 2. The van der Waals surface area contributed by atoms with Gasteiger partial charge in [0.05, 0.1) is 11.8 Å². The van der Waals surface area contributed by atoms with Crippen molar-refractivity contribution >= 4 is 0 Å². The van der Waals surface area contributed by atoms with E-state index < -0.39 is 6.10 Å². The van der Waals surface area contributed by atoms with Crippen LogP contribution in [0.15, 0.2) is 18.3 Å². The van der Waals surface area contributed by atoms with Crippen molar-refractivity contribution in [3.63, 3.8) is 0 Å². The van der Waals surface area contributed by atoms with Gasteiger partial charge in [0.25, 0.3) is 0 Å². The Morgan fingerprint density at radius 1 is 1.27 bits per heavy atom. The molecule has 2 heteroatoms. The summed E-state index contributed by atoms with van der Waals surface area (Å²) in [5.74, 6) is 0.703. The predicted octanol–water partition coefficient (Wildman–Crippen LogP) is 3.18. The van der Waals surface area contributed by atoms with Crippen molar-refractivity contribution in [2.24, 2.45) is 0 Å². The Kier molecular flexibility index (Phi) is 3.37. The third kappa shape index (κ3) is 2.57. The molecule has 1 atom stereocenters. The second-order valence-corrected chi connectivity index (χ2v) is 4.53. The van der Waals surface area contributed by atoms with E-state index in [1.807, 2.05) is 12.3 Å². The number of hydrogen-bond donors (Lipinski definition) is 1. The van der Waals surface area contributed by atoms with Crippen molar-refractivity contribution in [2.75, 3.05) is 0 Å². The maximum atomic E-state index is 9.36. The summed E-state index contributed by atoms with van der Waals surface area (Å²) in [5.41, 5.74) is 2.12. The number of aromatic nitrogens is 1. The maximum Gasteiger partial charge on any atom is 0.0931 e. The third-order valence-electron chi connectivity index (χ3n) is 3.31. The molecule has 1 fully saturated rings. The van der Waals surface area contributed by atoms with E-state index in [-0.39, 0.29) is 0 Å². The Morgan fingerprint density at radius 2 is 2.00 bits per heavy atom. The van der Waals surface area contributed by atoms with E-state index in [0.29, 0.717) is 5.92 Å². The van der Waals surface area contributed by atoms with Gasteiger partial charge in [-0.25, -0.2) is 0 Å². The Morgan fingerprint density at radius 3 is 2.53 bits per heavy atom. The van der Waals surface area contributed by atoms with Crippen LogP contribution in [0.3, 0.4) is 0 Å². The van der Waals surface area contributed by atoms with Crippen LogP contribution in [0.5, 0.6) is 0 Å². The zero-order valence-electron chi connectivity index (χ0n) is 9.32. The van der Waals surface area contributed by atoms with Crippen LogP contribution in [0.4, 0.5) is 0 Å². The number of pyridine rings is 1. The highest BCUT2D eigenvalue weighted by Gasteiger charge is 2.15. The molecule has 0 spiro atoms. The summed E-state index contributed by atoms with van der Waals surface area (Å²) >= 11 is 0. The zero-order valence-corrected chi connectivity index (χ0v) is 9.32. The maximum absolute atomic E-state index is 9.36. The van der Waals surface area contributed by atoms with Crippen molar-refractivity contribution < 1.29 is 5.11 Å². The zero-order chi connectivity index (χ0) is 10.7. The normalized spacial score (nSPS) is 20.1. The Hall–Kier alpha value is -0.890. The first-order valence-corrected chi connectivity index (χ1v) is 5.91. The first-order valence-electron chi connectivity index (χ1n) is 5.91. The van der Waals surface area contributed by atoms with E-state index in [1.54, 1.807) is 6.92 Å². The van der Waals surface area contributed by atoms with Gasteiger partial charge >= 0.3 is 0 Å². The SMILES string of the molecule is CC(O)c1ccc(C2CCCCC2)cn1. The van der Waals surface area contributed by atoms with Gasteiger partial charge in [0.2, 0.25) is 0 Å². The van der Waals surface area contributed by atoms with Crippen molar-refractivity contribution in [3.8, 4) is 0 Å². The molecule has 2 nitrogen and oxygen atoms in total. The van der Waals surface area contributed by atoms with Crippen LogP contribution < -0.4 is 0 Å². The van der Waals surface area contributed by atoms with E-state index in [0.717, 1.165) is 5.69 Å². The standard InChI is InChI=1S/C13H19NO/c1-10(15)13-8-7-12(9-14-13)11-5-3-2-4-6-11/h7-11,15H,2-6H2,1H3. The Labute approximate surface area is 91.4 Å².